The number of halogens is 1. The molecule has 0 saturated heterocycles. The van der Waals surface area contributed by atoms with Crippen molar-refractivity contribution in [1.29, 1.82) is 0 Å². The van der Waals surface area contributed by atoms with Crippen molar-refractivity contribution in [3.05, 3.63) is 35.4 Å². The average Bonchev–Trinajstić information content (AvgIpc) is 3.05. The summed E-state index contributed by atoms with van der Waals surface area (Å²) in [6.45, 7) is 2.17. The van der Waals surface area contributed by atoms with Gasteiger partial charge in [-0.1, -0.05) is 24.3 Å². The highest BCUT2D eigenvalue weighted by Crippen LogP contribution is 2.43. The lowest BCUT2D eigenvalue weighted by Crippen LogP contribution is -2.37. The van der Waals surface area contributed by atoms with Gasteiger partial charge in [0.25, 0.3) is 0 Å². The monoisotopic (exact) mass is 207 g/mol. The Bertz CT molecular complexity index is 346. The molecule has 1 aromatic rings. The van der Waals surface area contributed by atoms with E-state index in [-0.39, 0.29) is 12.5 Å². The first kappa shape index (κ1) is 10.6. The smallest absolute Gasteiger partial charge is 0.130 e. The lowest BCUT2D eigenvalue weighted by Gasteiger charge is -2.24. The highest BCUT2D eigenvalue weighted by atomic mass is 19.1. The van der Waals surface area contributed by atoms with E-state index in [9.17, 15) is 4.39 Å². The van der Waals surface area contributed by atoms with Crippen molar-refractivity contribution in [2.45, 2.75) is 31.9 Å². The highest BCUT2D eigenvalue weighted by Gasteiger charge is 2.44. The summed E-state index contributed by atoms with van der Waals surface area (Å²) in [5.74, 6) is 0.196. The molecule has 0 bridgehead atoms. The summed E-state index contributed by atoms with van der Waals surface area (Å²) in [4.78, 5) is 0. The zero-order valence-electron chi connectivity index (χ0n) is 9.17. The topological polar surface area (TPSA) is 26.0 Å². The van der Waals surface area contributed by atoms with Gasteiger partial charge in [-0.2, -0.15) is 0 Å². The summed E-state index contributed by atoms with van der Waals surface area (Å²) in [5, 5.41) is 0. The second kappa shape index (κ2) is 3.93. The summed E-state index contributed by atoms with van der Waals surface area (Å²) >= 11 is 0. The normalized spacial score (nSPS) is 19.9. The maximum absolute atomic E-state index is 14.4. The van der Waals surface area contributed by atoms with Gasteiger partial charge in [-0.3, -0.25) is 0 Å². The SMILES string of the molecule is Cc1ccccc1CC(F)(CN)C1CC1. The van der Waals surface area contributed by atoms with Crippen molar-refractivity contribution in [3.63, 3.8) is 0 Å². The Hall–Kier alpha value is -0.890. The lowest BCUT2D eigenvalue weighted by molar-refractivity contribution is 0.142. The van der Waals surface area contributed by atoms with Crippen LogP contribution in [0.15, 0.2) is 24.3 Å². The molecule has 1 fully saturated rings. The standard InChI is InChI=1S/C13H18FN/c1-10-4-2-3-5-11(10)8-13(14,9-15)12-6-7-12/h2-5,12H,6-9,15H2,1H3. The summed E-state index contributed by atoms with van der Waals surface area (Å²) in [7, 11) is 0. The third-order valence-corrected chi connectivity index (χ3v) is 3.39. The van der Waals surface area contributed by atoms with Crippen LogP contribution in [0.5, 0.6) is 0 Å². The molecule has 0 spiro atoms. The number of benzene rings is 1. The minimum atomic E-state index is -1.17. The van der Waals surface area contributed by atoms with Crippen LogP contribution in [0.25, 0.3) is 0 Å². The Balaban J connectivity index is 2.16. The molecule has 1 saturated carbocycles. The Labute approximate surface area is 90.5 Å². The first-order valence-corrected chi connectivity index (χ1v) is 5.59. The molecule has 0 aliphatic heterocycles. The average molecular weight is 207 g/mol. The first-order valence-electron chi connectivity index (χ1n) is 5.59. The van der Waals surface area contributed by atoms with Crippen LogP contribution < -0.4 is 5.73 Å². The second-order valence-corrected chi connectivity index (χ2v) is 4.62. The molecule has 82 valence electrons. The van der Waals surface area contributed by atoms with Crippen molar-refractivity contribution in [2.75, 3.05) is 6.54 Å². The molecule has 1 unspecified atom stereocenters. The highest BCUT2D eigenvalue weighted by molar-refractivity contribution is 5.27. The van der Waals surface area contributed by atoms with Crippen molar-refractivity contribution in [3.8, 4) is 0 Å². The molecule has 15 heavy (non-hydrogen) atoms. The van der Waals surface area contributed by atoms with Gasteiger partial charge in [-0.05, 0) is 36.8 Å². The van der Waals surface area contributed by atoms with E-state index in [0.29, 0.717) is 6.42 Å². The molecule has 1 aliphatic carbocycles. The third-order valence-electron chi connectivity index (χ3n) is 3.39. The molecular formula is C13H18FN. The Morgan fingerprint density at radius 2 is 2.07 bits per heavy atom. The predicted octanol–water partition coefficient (Wildman–Crippen LogP) is 2.61. The lowest BCUT2D eigenvalue weighted by atomic mass is 9.90. The fourth-order valence-corrected chi connectivity index (χ4v) is 2.11. The first-order chi connectivity index (χ1) is 7.15. The van der Waals surface area contributed by atoms with Crippen molar-refractivity contribution < 1.29 is 4.39 Å². The molecule has 0 radical (unpaired) electrons. The van der Waals surface area contributed by atoms with Gasteiger partial charge in [0, 0.05) is 13.0 Å². The Morgan fingerprint density at radius 3 is 2.60 bits per heavy atom. The van der Waals surface area contributed by atoms with E-state index in [1.807, 2.05) is 31.2 Å². The molecule has 0 amide bonds. The minimum Gasteiger partial charge on any atom is -0.328 e. The summed E-state index contributed by atoms with van der Waals surface area (Å²) < 4.78 is 14.4. The minimum absolute atomic E-state index is 0.145. The van der Waals surface area contributed by atoms with E-state index in [2.05, 4.69) is 0 Å². The van der Waals surface area contributed by atoms with E-state index >= 15 is 0 Å². The van der Waals surface area contributed by atoms with Gasteiger partial charge in [-0.15, -0.1) is 0 Å². The largest absolute Gasteiger partial charge is 0.328 e. The number of nitrogens with two attached hydrogens (primary N) is 1. The number of hydrogen-bond acceptors (Lipinski definition) is 1. The Kier molecular flexibility index (Phi) is 2.79. The maximum Gasteiger partial charge on any atom is 0.130 e. The van der Waals surface area contributed by atoms with Gasteiger partial charge >= 0.3 is 0 Å². The number of alkyl halides is 1. The molecule has 0 aromatic heterocycles. The molecule has 2 heteroatoms. The molecule has 1 aliphatic rings. The Morgan fingerprint density at radius 1 is 1.40 bits per heavy atom. The fraction of sp³-hybridized carbons (Fsp3) is 0.538. The number of aryl methyl sites for hydroxylation is 1. The van der Waals surface area contributed by atoms with E-state index in [1.165, 1.54) is 0 Å². The summed E-state index contributed by atoms with van der Waals surface area (Å²) in [5.41, 5.74) is 6.65. The number of rotatable bonds is 4. The van der Waals surface area contributed by atoms with Crippen LogP contribution in [0, 0.1) is 12.8 Å². The molecule has 1 nitrogen and oxygen atoms in total. The third kappa shape index (κ3) is 2.20. The van der Waals surface area contributed by atoms with Gasteiger partial charge in [0.1, 0.15) is 5.67 Å². The van der Waals surface area contributed by atoms with E-state index < -0.39 is 5.67 Å². The van der Waals surface area contributed by atoms with Crippen LogP contribution in [-0.4, -0.2) is 12.2 Å². The van der Waals surface area contributed by atoms with E-state index in [0.717, 1.165) is 24.0 Å². The van der Waals surface area contributed by atoms with Crippen LogP contribution in [0.2, 0.25) is 0 Å². The predicted molar refractivity (Wildman–Crippen MR) is 60.5 cm³/mol. The van der Waals surface area contributed by atoms with Crippen LogP contribution in [0.4, 0.5) is 4.39 Å². The van der Waals surface area contributed by atoms with Gasteiger partial charge in [-0.25, -0.2) is 4.39 Å². The van der Waals surface area contributed by atoms with Crippen LogP contribution in [0.1, 0.15) is 24.0 Å². The molecular weight excluding hydrogens is 189 g/mol. The van der Waals surface area contributed by atoms with Gasteiger partial charge in [0.2, 0.25) is 0 Å². The quantitative estimate of drug-likeness (QED) is 0.807. The molecule has 2 N–H and O–H groups in total. The number of hydrogen-bond donors (Lipinski definition) is 1. The van der Waals surface area contributed by atoms with Crippen LogP contribution in [-0.2, 0) is 6.42 Å². The van der Waals surface area contributed by atoms with E-state index in [4.69, 9.17) is 5.73 Å². The van der Waals surface area contributed by atoms with Crippen molar-refractivity contribution in [1.82, 2.24) is 0 Å². The van der Waals surface area contributed by atoms with Crippen LogP contribution in [0.3, 0.4) is 0 Å². The molecule has 2 rings (SSSR count). The summed E-state index contributed by atoms with van der Waals surface area (Å²) in [6, 6.07) is 7.98. The zero-order valence-corrected chi connectivity index (χ0v) is 9.17. The van der Waals surface area contributed by atoms with Crippen molar-refractivity contribution >= 4 is 0 Å². The molecule has 0 heterocycles. The fourth-order valence-electron chi connectivity index (χ4n) is 2.11. The summed E-state index contributed by atoms with van der Waals surface area (Å²) in [6.07, 6.45) is 2.47. The van der Waals surface area contributed by atoms with Gasteiger partial charge in [0.05, 0.1) is 0 Å². The molecule has 1 aromatic carbocycles. The van der Waals surface area contributed by atoms with E-state index in [1.54, 1.807) is 0 Å². The van der Waals surface area contributed by atoms with Gasteiger partial charge < -0.3 is 5.73 Å². The maximum atomic E-state index is 14.4. The van der Waals surface area contributed by atoms with Gasteiger partial charge in [0.15, 0.2) is 0 Å². The van der Waals surface area contributed by atoms with Crippen molar-refractivity contribution in [2.24, 2.45) is 11.7 Å². The zero-order chi connectivity index (χ0) is 10.9. The molecule has 1 atom stereocenters. The van der Waals surface area contributed by atoms with Crippen LogP contribution >= 0.6 is 0 Å². The second-order valence-electron chi connectivity index (χ2n) is 4.62.